The summed E-state index contributed by atoms with van der Waals surface area (Å²) >= 11 is 0. The SMILES string of the molecule is O=C(CCCc1cn[nH]c1)N1CCCN(C(=O)CC2CCCOC2)CC1. The second kappa shape index (κ2) is 9.71. The van der Waals surface area contributed by atoms with Crippen molar-refractivity contribution in [1.29, 1.82) is 0 Å². The van der Waals surface area contributed by atoms with Gasteiger partial charge < -0.3 is 14.5 Å². The molecule has 0 bridgehead atoms. The molecule has 1 aromatic rings. The number of nitrogens with one attached hydrogen (secondary N) is 1. The Labute approximate surface area is 155 Å². The number of hydrogen-bond donors (Lipinski definition) is 1. The lowest BCUT2D eigenvalue weighted by atomic mass is 9.98. The van der Waals surface area contributed by atoms with Crippen LogP contribution in [0, 0.1) is 5.92 Å². The van der Waals surface area contributed by atoms with Gasteiger partial charge in [0.05, 0.1) is 6.20 Å². The predicted molar refractivity (Wildman–Crippen MR) is 97.5 cm³/mol. The number of amides is 2. The molecule has 7 heteroatoms. The summed E-state index contributed by atoms with van der Waals surface area (Å²) in [5, 5.41) is 6.72. The van der Waals surface area contributed by atoms with Crippen molar-refractivity contribution in [2.45, 2.75) is 44.9 Å². The zero-order chi connectivity index (χ0) is 18.2. The average Bonchev–Trinajstić information content (AvgIpc) is 3.04. The number of aromatic amines is 1. The number of carbonyl (C=O) groups excluding carboxylic acids is 2. The number of H-pyrrole nitrogens is 1. The summed E-state index contributed by atoms with van der Waals surface area (Å²) in [7, 11) is 0. The van der Waals surface area contributed by atoms with Gasteiger partial charge in [-0.1, -0.05) is 0 Å². The molecule has 3 rings (SSSR count). The zero-order valence-corrected chi connectivity index (χ0v) is 15.5. The maximum atomic E-state index is 12.6. The van der Waals surface area contributed by atoms with Crippen LogP contribution in [-0.4, -0.2) is 71.2 Å². The summed E-state index contributed by atoms with van der Waals surface area (Å²) in [6.45, 7) is 4.34. The third-order valence-electron chi connectivity index (χ3n) is 5.33. The van der Waals surface area contributed by atoms with E-state index in [9.17, 15) is 9.59 Å². The Morgan fingerprint density at radius 2 is 1.96 bits per heavy atom. The van der Waals surface area contributed by atoms with Gasteiger partial charge >= 0.3 is 0 Å². The lowest BCUT2D eigenvalue weighted by molar-refractivity contribution is -0.134. The summed E-state index contributed by atoms with van der Waals surface area (Å²) in [4.78, 5) is 28.9. The van der Waals surface area contributed by atoms with Gasteiger partial charge in [0, 0.05) is 58.4 Å². The molecule has 1 atom stereocenters. The maximum absolute atomic E-state index is 12.6. The van der Waals surface area contributed by atoms with E-state index in [1.54, 1.807) is 6.20 Å². The molecule has 0 saturated carbocycles. The lowest BCUT2D eigenvalue weighted by Gasteiger charge is -2.26. The second-order valence-corrected chi connectivity index (χ2v) is 7.36. The molecule has 1 N–H and O–H groups in total. The minimum Gasteiger partial charge on any atom is -0.381 e. The highest BCUT2D eigenvalue weighted by atomic mass is 16.5. The average molecular weight is 362 g/mol. The minimum absolute atomic E-state index is 0.198. The monoisotopic (exact) mass is 362 g/mol. The number of carbonyl (C=O) groups is 2. The van der Waals surface area contributed by atoms with Gasteiger partial charge in [0.1, 0.15) is 0 Å². The van der Waals surface area contributed by atoms with Crippen LogP contribution in [-0.2, 0) is 20.7 Å². The maximum Gasteiger partial charge on any atom is 0.222 e. The summed E-state index contributed by atoms with van der Waals surface area (Å²) < 4.78 is 5.48. The fourth-order valence-corrected chi connectivity index (χ4v) is 3.78. The topological polar surface area (TPSA) is 78.5 Å². The number of aromatic nitrogens is 2. The summed E-state index contributed by atoms with van der Waals surface area (Å²) in [5.41, 5.74) is 1.14. The molecule has 1 aromatic heterocycles. The smallest absolute Gasteiger partial charge is 0.222 e. The molecule has 0 radical (unpaired) electrons. The van der Waals surface area contributed by atoms with E-state index in [-0.39, 0.29) is 11.8 Å². The zero-order valence-electron chi connectivity index (χ0n) is 15.5. The summed E-state index contributed by atoms with van der Waals surface area (Å²) in [6.07, 6.45) is 9.51. The molecule has 2 aliphatic rings. The van der Waals surface area contributed by atoms with Crippen LogP contribution < -0.4 is 0 Å². The highest BCUT2D eigenvalue weighted by molar-refractivity contribution is 5.78. The van der Waals surface area contributed by atoms with Crippen molar-refractivity contribution < 1.29 is 14.3 Å². The van der Waals surface area contributed by atoms with Crippen LogP contribution in [0.5, 0.6) is 0 Å². The van der Waals surface area contributed by atoms with Crippen LogP contribution in [0.15, 0.2) is 12.4 Å². The highest BCUT2D eigenvalue weighted by Gasteiger charge is 2.24. The Bertz CT molecular complexity index is 569. The highest BCUT2D eigenvalue weighted by Crippen LogP contribution is 2.19. The molecule has 0 aromatic carbocycles. The van der Waals surface area contributed by atoms with Crippen LogP contribution >= 0.6 is 0 Å². The van der Waals surface area contributed by atoms with Crippen molar-refractivity contribution in [3.8, 4) is 0 Å². The number of rotatable bonds is 6. The van der Waals surface area contributed by atoms with E-state index in [4.69, 9.17) is 4.74 Å². The van der Waals surface area contributed by atoms with Gasteiger partial charge in [0.2, 0.25) is 11.8 Å². The van der Waals surface area contributed by atoms with E-state index < -0.39 is 0 Å². The van der Waals surface area contributed by atoms with Gasteiger partial charge in [0.25, 0.3) is 0 Å². The van der Waals surface area contributed by atoms with Gasteiger partial charge in [-0.2, -0.15) is 5.10 Å². The molecule has 0 spiro atoms. The van der Waals surface area contributed by atoms with Gasteiger partial charge in [-0.05, 0) is 43.6 Å². The van der Waals surface area contributed by atoms with E-state index in [1.165, 1.54) is 0 Å². The first-order chi connectivity index (χ1) is 12.7. The van der Waals surface area contributed by atoms with E-state index in [0.29, 0.717) is 38.5 Å². The lowest BCUT2D eigenvalue weighted by Crippen LogP contribution is -2.38. The quantitative estimate of drug-likeness (QED) is 0.834. The molecular formula is C19H30N4O3. The van der Waals surface area contributed by atoms with E-state index >= 15 is 0 Å². The summed E-state index contributed by atoms with van der Waals surface area (Å²) in [6, 6.07) is 0. The molecule has 2 saturated heterocycles. The molecule has 2 amide bonds. The number of nitrogens with zero attached hydrogens (tertiary/aromatic N) is 3. The van der Waals surface area contributed by atoms with Crippen molar-refractivity contribution in [2.24, 2.45) is 5.92 Å². The number of aryl methyl sites for hydroxylation is 1. The van der Waals surface area contributed by atoms with E-state index in [2.05, 4.69) is 10.2 Å². The molecule has 2 fully saturated rings. The molecule has 0 aliphatic carbocycles. The van der Waals surface area contributed by atoms with Crippen molar-refractivity contribution >= 4 is 11.8 Å². The third-order valence-corrected chi connectivity index (χ3v) is 5.33. The summed E-state index contributed by atoms with van der Waals surface area (Å²) in [5.74, 6) is 0.776. The molecule has 26 heavy (non-hydrogen) atoms. The molecule has 3 heterocycles. The Morgan fingerprint density at radius 3 is 2.65 bits per heavy atom. The Balaban J connectivity index is 1.39. The molecular weight excluding hydrogens is 332 g/mol. The molecule has 7 nitrogen and oxygen atoms in total. The van der Waals surface area contributed by atoms with E-state index in [1.807, 2.05) is 16.0 Å². The predicted octanol–water partition coefficient (Wildman–Crippen LogP) is 1.61. The van der Waals surface area contributed by atoms with Crippen LogP contribution in [0.2, 0.25) is 0 Å². The van der Waals surface area contributed by atoms with Crippen LogP contribution in [0.3, 0.4) is 0 Å². The van der Waals surface area contributed by atoms with Crippen LogP contribution in [0.25, 0.3) is 0 Å². The first-order valence-corrected chi connectivity index (χ1v) is 9.83. The van der Waals surface area contributed by atoms with Crippen LogP contribution in [0.4, 0.5) is 0 Å². The largest absolute Gasteiger partial charge is 0.381 e. The van der Waals surface area contributed by atoms with Crippen molar-refractivity contribution in [3.63, 3.8) is 0 Å². The minimum atomic E-state index is 0.198. The van der Waals surface area contributed by atoms with Gasteiger partial charge in [0.15, 0.2) is 0 Å². The number of ether oxygens (including phenoxy) is 1. The standard InChI is InChI=1S/C19H30N4O3/c24-18(6-1-4-17-13-20-21-14-17)22-7-3-8-23(10-9-22)19(25)12-16-5-2-11-26-15-16/h13-14,16H,1-12,15H2,(H,20,21). The fourth-order valence-electron chi connectivity index (χ4n) is 3.78. The second-order valence-electron chi connectivity index (χ2n) is 7.36. The first kappa shape index (κ1) is 18.9. The van der Waals surface area contributed by atoms with Gasteiger partial charge in [-0.25, -0.2) is 0 Å². The molecule has 144 valence electrons. The molecule has 1 unspecified atom stereocenters. The number of hydrogen-bond acceptors (Lipinski definition) is 4. The van der Waals surface area contributed by atoms with Crippen molar-refractivity contribution in [2.75, 3.05) is 39.4 Å². The van der Waals surface area contributed by atoms with Gasteiger partial charge in [-0.15, -0.1) is 0 Å². The van der Waals surface area contributed by atoms with Crippen molar-refractivity contribution in [1.82, 2.24) is 20.0 Å². The van der Waals surface area contributed by atoms with Crippen LogP contribution in [0.1, 0.15) is 44.1 Å². The molecule has 2 aliphatic heterocycles. The Hall–Kier alpha value is -1.89. The third kappa shape index (κ3) is 5.56. The van der Waals surface area contributed by atoms with Gasteiger partial charge in [-0.3, -0.25) is 14.7 Å². The van der Waals surface area contributed by atoms with Crippen molar-refractivity contribution in [3.05, 3.63) is 18.0 Å². The Morgan fingerprint density at radius 1 is 1.15 bits per heavy atom. The first-order valence-electron chi connectivity index (χ1n) is 9.83. The Kier molecular flexibility index (Phi) is 7.05. The normalized spacial score (nSPS) is 21.5. The fraction of sp³-hybridized carbons (Fsp3) is 0.737. The van der Waals surface area contributed by atoms with E-state index in [0.717, 1.165) is 57.4 Å².